The maximum absolute atomic E-state index is 12.4. The Kier molecular flexibility index (Phi) is 6.64. The Morgan fingerprint density at radius 2 is 1.87 bits per heavy atom. The molecule has 0 radical (unpaired) electrons. The molecule has 1 aliphatic rings. The Morgan fingerprint density at radius 1 is 1.13 bits per heavy atom. The minimum atomic E-state index is -0.546. The minimum absolute atomic E-state index is 0.190. The quantitative estimate of drug-likeness (QED) is 0.521. The van der Waals surface area contributed by atoms with Gasteiger partial charge in [0.1, 0.15) is 0 Å². The molecule has 1 aromatic carbocycles. The van der Waals surface area contributed by atoms with E-state index in [9.17, 15) is 9.59 Å². The highest BCUT2D eigenvalue weighted by atomic mass is 35.5. The van der Waals surface area contributed by atoms with Gasteiger partial charge in [-0.2, -0.15) is 4.98 Å². The molecule has 0 spiro atoms. The number of nitrogens with zero attached hydrogens (tertiary/aromatic N) is 4. The summed E-state index contributed by atoms with van der Waals surface area (Å²) in [5.41, 5.74) is 1.06. The molecular weight excluding hydrogens is 440 g/mol. The first-order valence-corrected chi connectivity index (χ1v) is 11.0. The summed E-state index contributed by atoms with van der Waals surface area (Å²) in [5, 5.41) is 3.74. The minimum Gasteiger partial charge on any atom is -0.452 e. The van der Waals surface area contributed by atoms with Crippen LogP contribution in [0.15, 0.2) is 40.9 Å². The maximum Gasteiger partial charge on any atom is 0.338 e. The van der Waals surface area contributed by atoms with Crippen LogP contribution in [0.4, 0.5) is 0 Å². The molecule has 8 nitrogen and oxygen atoms in total. The molecule has 0 saturated carbocycles. The Balaban J connectivity index is 1.23. The third kappa shape index (κ3) is 5.49. The Labute approximate surface area is 188 Å². The van der Waals surface area contributed by atoms with Crippen LogP contribution in [-0.2, 0) is 16.1 Å². The first-order valence-electron chi connectivity index (χ1n) is 9.80. The number of benzene rings is 1. The van der Waals surface area contributed by atoms with Crippen LogP contribution < -0.4 is 0 Å². The van der Waals surface area contributed by atoms with Gasteiger partial charge in [0.2, 0.25) is 0 Å². The highest BCUT2D eigenvalue weighted by Crippen LogP contribution is 2.23. The van der Waals surface area contributed by atoms with Gasteiger partial charge >= 0.3 is 5.97 Å². The van der Waals surface area contributed by atoms with E-state index in [1.165, 1.54) is 4.88 Å². The zero-order valence-corrected chi connectivity index (χ0v) is 18.5. The largest absolute Gasteiger partial charge is 0.452 e. The second-order valence-electron chi connectivity index (χ2n) is 7.16. The molecule has 4 rings (SSSR count). The van der Waals surface area contributed by atoms with Crippen LogP contribution in [0.2, 0.25) is 4.34 Å². The average Bonchev–Trinajstić information content (AvgIpc) is 3.40. The molecule has 0 unspecified atom stereocenters. The molecule has 3 aromatic rings. The lowest BCUT2D eigenvalue weighted by Gasteiger charge is -2.34. The van der Waals surface area contributed by atoms with E-state index < -0.39 is 5.97 Å². The van der Waals surface area contributed by atoms with Crippen LogP contribution in [0.3, 0.4) is 0 Å². The van der Waals surface area contributed by atoms with Gasteiger partial charge in [-0.1, -0.05) is 16.8 Å². The van der Waals surface area contributed by atoms with Crippen molar-refractivity contribution in [3.63, 3.8) is 0 Å². The number of ether oxygens (including phenoxy) is 1. The van der Waals surface area contributed by atoms with E-state index >= 15 is 0 Å². The Hall–Kier alpha value is -2.75. The molecule has 10 heteroatoms. The van der Waals surface area contributed by atoms with Gasteiger partial charge in [-0.15, -0.1) is 11.3 Å². The number of halogens is 1. The van der Waals surface area contributed by atoms with Crippen LogP contribution in [0.5, 0.6) is 0 Å². The standard InChI is InChI=1S/C21H21ClN4O4S/c1-14-23-20(30-24-14)15-2-4-16(5-3-15)21(28)29-13-19(27)26-10-8-25(9-11-26)12-17-6-7-18(22)31-17/h2-7H,8-13H2,1H3. The highest BCUT2D eigenvalue weighted by Gasteiger charge is 2.22. The predicted octanol–water partition coefficient (Wildman–Crippen LogP) is 3.26. The number of carbonyl (C=O) groups is 2. The Bertz CT molecular complexity index is 1060. The second-order valence-corrected chi connectivity index (χ2v) is 8.96. The number of aryl methyl sites for hydroxylation is 1. The number of rotatable bonds is 6. The van der Waals surface area contributed by atoms with Crippen molar-refractivity contribution in [2.24, 2.45) is 0 Å². The van der Waals surface area contributed by atoms with E-state index in [1.807, 2.05) is 12.1 Å². The fraction of sp³-hybridized carbons (Fsp3) is 0.333. The second kappa shape index (κ2) is 9.59. The first kappa shape index (κ1) is 21.5. The molecular formula is C21H21ClN4O4S. The number of thiophene rings is 1. The van der Waals surface area contributed by atoms with Gasteiger partial charge in [0.25, 0.3) is 11.8 Å². The van der Waals surface area contributed by atoms with Crippen LogP contribution in [0.1, 0.15) is 21.1 Å². The van der Waals surface area contributed by atoms with Gasteiger partial charge in [-0.05, 0) is 43.3 Å². The number of esters is 1. The van der Waals surface area contributed by atoms with Gasteiger partial charge in [0.05, 0.1) is 9.90 Å². The molecule has 1 saturated heterocycles. The number of piperazine rings is 1. The number of carbonyl (C=O) groups excluding carboxylic acids is 2. The third-order valence-corrected chi connectivity index (χ3v) is 6.17. The van der Waals surface area contributed by atoms with Crippen molar-refractivity contribution >= 4 is 34.8 Å². The van der Waals surface area contributed by atoms with Gasteiger partial charge in [-0.3, -0.25) is 9.69 Å². The molecule has 0 bridgehead atoms. The van der Waals surface area contributed by atoms with Gasteiger partial charge < -0.3 is 14.2 Å². The van der Waals surface area contributed by atoms with E-state index in [0.29, 0.717) is 35.9 Å². The topological polar surface area (TPSA) is 88.8 Å². The van der Waals surface area contributed by atoms with Crippen molar-refractivity contribution in [3.05, 3.63) is 57.0 Å². The van der Waals surface area contributed by atoms with Crippen molar-refractivity contribution in [3.8, 4) is 11.5 Å². The third-order valence-electron chi connectivity index (χ3n) is 4.96. The van der Waals surface area contributed by atoms with Crippen LogP contribution >= 0.6 is 22.9 Å². The summed E-state index contributed by atoms with van der Waals surface area (Å²) in [7, 11) is 0. The van der Waals surface area contributed by atoms with Crippen molar-refractivity contribution in [1.29, 1.82) is 0 Å². The van der Waals surface area contributed by atoms with Crippen LogP contribution in [0.25, 0.3) is 11.5 Å². The summed E-state index contributed by atoms with van der Waals surface area (Å²) in [6.45, 7) is 5.03. The molecule has 0 atom stereocenters. The molecule has 1 aliphatic heterocycles. The molecule has 2 aromatic heterocycles. The summed E-state index contributed by atoms with van der Waals surface area (Å²) in [6, 6.07) is 10.5. The Morgan fingerprint density at radius 3 is 2.48 bits per heavy atom. The maximum atomic E-state index is 12.4. The monoisotopic (exact) mass is 460 g/mol. The van der Waals surface area contributed by atoms with Gasteiger partial charge in [-0.25, -0.2) is 4.79 Å². The van der Waals surface area contributed by atoms with Crippen molar-refractivity contribution in [2.75, 3.05) is 32.8 Å². The lowest BCUT2D eigenvalue weighted by atomic mass is 10.1. The summed E-state index contributed by atoms with van der Waals surface area (Å²) in [6.07, 6.45) is 0. The highest BCUT2D eigenvalue weighted by molar-refractivity contribution is 7.16. The molecule has 0 N–H and O–H groups in total. The van der Waals surface area contributed by atoms with E-state index in [1.54, 1.807) is 47.4 Å². The van der Waals surface area contributed by atoms with Crippen molar-refractivity contribution < 1.29 is 18.8 Å². The normalized spacial score (nSPS) is 14.6. The fourth-order valence-corrected chi connectivity index (χ4v) is 4.41. The lowest BCUT2D eigenvalue weighted by Crippen LogP contribution is -2.49. The molecule has 31 heavy (non-hydrogen) atoms. The number of hydrogen-bond acceptors (Lipinski definition) is 8. The van der Waals surface area contributed by atoms with E-state index in [-0.39, 0.29) is 12.5 Å². The zero-order chi connectivity index (χ0) is 21.8. The number of aromatic nitrogens is 2. The molecule has 162 valence electrons. The molecule has 1 amide bonds. The molecule has 3 heterocycles. The number of hydrogen-bond donors (Lipinski definition) is 0. The molecule has 0 aliphatic carbocycles. The summed E-state index contributed by atoms with van der Waals surface area (Å²) < 4.78 is 11.1. The zero-order valence-electron chi connectivity index (χ0n) is 16.9. The van der Waals surface area contributed by atoms with Gasteiger partial charge in [0.15, 0.2) is 12.4 Å². The summed E-state index contributed by atoms with van der Waals surface area (Å²) >= 11 is 7.55. The van der Waals surface area contributed by atoms with Crippen molar-refractivity contribution in [1.82, 2.24) is 19.9 Å². The van der Waals surface area contributed by atoms with Gasteiger partial charge in [0, 0.05) is 43.2 Å². The molecule has 1 fully saturated rings. The average molecular weight is 461 g/mol. The smallest absolute Gasteiger partial charge is 0.338 e. The van der Waals surface area contributed by atoms with E-state index in [4.69, 9.17) is 20.9 Å². The first-order chi connectivity index (χ1) is 15.0. The van der Waals surface area contributed by atoms with Crippen LogP contribution in [0, 0.1) is 6.92 Å². The SMILES string of the molecule is Cc1noc(-c2ccc(C(=O)OCC(=O)N3CCN(Cc4ccc(Cl)s4)CC3)cc2)n1. The predicted molar refractivity (Wildman–Crippen MR) is 116 cm³/mol. The lowest BCUT2D eigenvalue weighted by molar-refractivity contribution is -0.136. The summed E-state index contributed by atoms with van der Waals surface area (Å²) in [5.74, 6) is 0.183. The summed E-state index contributed by atoms with van der Waals surface area (Å²) in [4.78, 5) is 34.1. The van der Waals surface area contributed by atoms with E-state index in [2.05, 4.69) is 15.0 Å². The number of amides is 1. The van der Waals surface area contributed by atoms with Crippen LogP contribution in [-0.4, -0.2) is 64.6 Å². The van der Waals surface area contributed by atoms with E-state index in [0.717, 1.165) is 24.0 Å². The fourth-order valence-electron chi connectivity index (χ4n) is 3.28. The van der Waals surface area contributed by atoms with Crippen molar-refractivity contribution in [2.45, 2.75) is 13.5 Å².